The second-order valence-corrected chi connectivity index (χ2v) is 3.42. The highest BCUT2D eigenvalue weighted by Gasteiger charge is 2.03. The Kier molecular flexibility index (Phi) is 4.10. The summed E-state index contributed by atoms with van der Waals surface area (Å²) in [5.41, 5.74) is 0. The van der Waals surface area contributed by atoms with Crippen LogP contribution in [0.1, 0.15) is 6.92 Å². The van der Waals surface area contributed by atoms with Crippen molar-refractivity contribution in [2.45, 2.75) is 6.92 Å². The van der Waals surface area contributed by atoms with Gasteiger partial charge in [0.2, 0.25) is 0 Å². The van der Waals surface area contributed by atoms with Gasteiger partial charge < -0.3 is 14.5 Å². The third-order valence-electron chi connectivity index (χ3n) is 2.17. The molecule has 17 heavy (non-hydrogen) atoms. The molecule has 2 aromatic heterocycles. The van der Waals surface area contributed by atoms with Crippen LogP contribution in [0.2, 0.25) is 0 Å². The highest BCUT2D eigenvalue weighted by Crippen LogP contribution is 2.16. The summed E-state index contributed by atoms with van der Waals surface area (Å²) < 4.78 is 10.7. The highest BCUT2D eigenvalue weighted by molar-refractivity contribution is 5.45. The van der Waals surface area contributed by atoms with Crippen LogP contribution in [0.15, 0.2) is 35.2 Å². The average molecular weight is 233 g/mol. The minimum absolute atomic E-state index is 0.564. The lowest BCUT2D eigenvalue weighted by Gasteiger charge is -2.05. The number of hydrogen-bond donors (Lipinski definition) is 1. The molecule has 0 aliphatic heterocycles. The smallest absolute Gasteiger partial charge is 0.195 e. The summed E-state index contributed by atoms with van der Waals surface area (Å²) in [6.45, 7) is 4.42. The Hall–Kier alpha value is -1.88. The molecule has 0 spiro atoms. The lowest BCUT2D eigenvalue weighted by molar-refractivity contribution is 0.313. The van der Waals surface area contributed by atoms with Gasteiger partial charge in [0.1, 0.15) is 6.61 Å². The van der Waals surface area contributed by atoms with E-state index in [9.17, 15) is 0 Å². The van der Waals surface area contributed by atoms with E-state index in [1.165, 1.54) is 0 Å². The van der Waals surface area contributed by atoms with Gasteiger partial charge in [0.15, 0.2) is 17.3 Å². The molecule has 0 saturated heterocycles. The summed E-state index contributed by atoms with van der Waals surface area (Å²) in [5, 5.41) is 3.17. The molecule has 0 aliphatic rings. The molecule has 0 aromatic carbocycles. The number of nitrogens with one attached hydrogen (secondary N) is 1. The van der Waals surface area contributed by atoms with Crippen molar-refractivity contribution in [2.24, 2.45) is 0 Å². The summed E-state index contributed by atoms with van der Waals surface area (Å²) in [6, 6.07) is 3.63. The van der Waals surface area contributed by atoms with E-state index in [0.717, 1.165) is 13.1 Å². The molecule has 5 heteroatoms. The molecule has 90 valence electrons. The lowest BCUT2D eigenvalue weighted by Crippen LogP contribution is -2.20. The topological polar surface area (TPSA) is 60.2 Å². The third kappa shape index (κ3) is 3.29. The zero-order valence-electron chi connectivity index (χ0n) is 9.72. The normalized spacial score (nSPS) is 10.4. The first kappa shape index (κ1) is 11.6. The fraction of sp³-hybridized carbons (Fsp3) is 0.333. The maximum atomic E-state index is 5.46. The van der Waals surface area contributed by atoms with E-state index in [1.807, 2.05) is 6.07 Å². The van der Waals surface area contributed by atoms with E-state index >= 15 is 0 Å². The van der Waals surface area contributed by atoms with Crippen LogP contribution in [0.4, 0.5) is 0 Å². The zero-order chi connectivity index (χ0) is 11.9. The zero-order valence-corrected chi connectivity index (χ0v) is 9.72. The molecule has 0 unspecified atom stereocenters. The van der Waals surface area contributed by atoms with Crippen LogP contribution in [0.25, 0.3) is 11.6 Å². The van der Waals surface area contributed by atoms with Crippen molar-refractivity contribution >= 4 is 0 Å². The fourth-order valence-electron chi connectivity index (χ4n) is 1.34. The van der Waals surface area contributed by atoms with E-state index in [2.05, 4.69) is 22.2 Å². The summed E-state index contributed by atoms with van der Waals surface area (Å²) in [7, 11) is 0. The maximum absolute atomic E-state index is 5.46. The van der Waals surface area contributed by atoms with Crippen LogP contribution in [0.5, 0.6) is 5.75 Å². The van der Waals surface area contributed by atoms with Gasteiger partial charge in [0, 0.05) is 6.54 Å². The first-order chi connectivity index (χ1) is 8.40. The second-order valence-electron chi connectivity index (χ2n) is 3.42. The average Bonchev–Trinajstić information content (AvgIpc) is 2.89. The van der Waals surface area contributed by atoms with Crippen LogP contribution >= 0.6 is 0 Å². The molecule has 0 saturated carbocycles. The number of rotatable bonds is 6. The molecule has 5 nitrogen and oxygen atoms in total. The van der Waals surface area contributed by atoms with E-state index in [-0.39, 0.29) is 0 Å². The molecule has 0 amide bonds. The summed E-state index contributed by atoms with van der Waals surface area (Å²) in [4.78, 5) is 8.34. The van der Waals surface area contributed by atoms with E-state index in [0.29, 0.717) is 23.9 Å². The van der Waals surface area contributed by atoms with Crippen LogP contribution in [0, 0.1) is 0 Å². The van der Waals surface area contributed by atoms with E-state index in [4.69, 9.17) is 9.15 Å². The van der Waals surface area contributed by atoms with E-state index < -0.39 is 0 Å². The summed E-state index contributed by atoms with van der Waals surface area (Å²) in [5.74, 6) is 1.89. The third-order valence-corrected chi connectivity index (χ3v) is 2.17. The lowest BCUT2D eigenvalue weighted by atomic mass is 10.4. The molecule has 0 atom stereocenters. The van der Waals surface area contributed by atoms with E-state index in [1.54, 1.807) is 24.7 Å². The van der Waals surface area contributed by atoms with Crippen LogP contribution < -0.4 is 10.1 Å². The van der Waals surface area contributed by atoms with Crippen molar-refractivity contribution in [3.8, 4) is 17.3 Å². The quantitative estimate of drug-likeness (QED) is 0.770. The summed E-state index contributed by atoms with van der Waals surface area (Å²) >= 11 is 0. The monoisotopic (exact) mass is 233 g/mol. The van der Waals surface area contributed by atoms with Crippen molar-refractivity contribution < 1.29 is 9.15 Å². The van der Waals surface area contributed by atoms with Crippen LogP contribution in [-0.4, -0.2) is 29.7 Å². The number of likely N-dealkylation sites (N-methyl/N-ethyl adjacent to an activating group) is 1. The maximum Gasteiger partial charge on any atom is 0.195 e. The van der Waals surface area contributed by atoms with Gasteiger partial charge in [-0.15, -0.1) is 0 Å². The molecule has 2 heterocycles. The van der Waals surface area contributed by atoms with Crippen LogP contribution in [0.3, 0.4) is 0 Å². The molecule has 0 aliphatic carbocycles. The van der Waals surface area contributed by atoms with Gasteiger partial charge in [0.25, 0.3) is 0 Å². The van der Waals surface area contributed by atoms with Gasteiger partial charge in [-0.1, -0.05) is 6.92 Å². The molecule has 2 aromatic rings. The predicted molar refractivity (Wildman–Crippen MR) is 63.8 cm³/mol. The Labute approximate surface area is 99.8 Å². The predicted octanol–water partition coefficient (Wildman–Crippen LogP) is 1.72. The number of hydrogen-bond acceptors (Lipinski definition) is 5. The van der Waals surface area contributed by atoms with Crippen molar-refractivity contribution in [2.75, 3.05) is 19.7 Å². The van der Waals surface area contributed by atoms with Gasteiger partial charge in [-0.05, 0) is 18.7 Å². The number of furan rings is 1. The molecule has 1 N–H and O–H groups in total. The number of aromatic nitrogens is 2. The first-order valence-corrected chi connectivity index (χ1v) is 5.59. The molecule has 0 fully saturated rings. The Morgan fingerprint density at radius 1 is 1.35 bits per heavy atom. The Morgan fingerprint density at radius 2 is 2.18 bits per heavy atom. The van der Waals surface area contributed by atoms with Gasteiger partial charge >= 0.3 is 0 Å². The van der Waals surface area contributed by atoms with Crippen molar-refractivity contribution in [3.63, 3.8) is 0 Å². The SMILES string of the molecule is CCNCCOc1cnc(-c2ccco2)nc1. The fourth-order valence-corrected chi connectivity index (χ4v) is 1.34. The number of nitrogens with zero attached hydrogens (tertiary/aromatic N) is 2. The molecule has 0 bridgehead atoms. The second kappa shape index (κ2) is 6.00. The summed E-state index contributed by atoms with van der Waals surface area (Å²) in [6.07, 6.45) is 4.90. The minimum Gasteiger partial charge on any atom is -0.489 e. The first-order valence-electron chi connectivity index (χ1n) is 5.59. The standard InChI is InChI=1S/C12H15N3O2/c1-2-13-5-7-16-10-8-14-12(15-9-10)11-4-3-6-17-11/h3-4,6,8-9,13H,2,5,7H2,1H3. The van der Waals surface area contributed by atoms with Crippen molar-refractivity contribution in [1.82, 2.24) is 15.3 Å². The Balaban J connectivity index is 1.90. The Bertz CT molecular complexity index is 426. The van der Waals surface area contributed by atoms with Gasteiger partial charge in [-0.25, -0.2) is 9.97 Å². The van der Waals surface area contributed by atoms with Gasteiger partial charge in [0.05, 0.1) is 18.7 Å². The van der Waals surface area contributed by atoms with Gasteiger partial charge in [-0.2, -0.15) is 0 Å². The van der Waals surface area contributed by atoms with Crippen molar-refractivity contribution in [1.29, 1.82) is 0 Å². The minimum atomic E-state index is 0.564. The Morgan fingerprint density at radius 3 is 2.82 bits per heavy atom. The van der Waals surface area contributed by atoms with Crippen LogP contribution in [-0.2, 0) is 0 Å². The number of ether oxygens (including phenoxy) is 1. The molecule has 0 radical (unpaired) electrons. The molecule has 2 rings (SSSR count). The largest absolute Gasteiger partial charge is 0.489 e. The molecular formula is C12H15N3O2. The highest BCUT2D eigenvalue weighted by atomic mass is 16.5. The van der Waals surface area contributed by atoms with Gasteiger partial charge in [-0.3, -0.25) is 0 Å². The van der Waals surface area contributed by atoms with Crippen molar-refractivity contribution in [3.05, 3.63) is 30.8 Å². The molecular weight excluding hydrogens is 218 g/mol.